The lowest BCUT2D eigenvalue weighted by molar-refractivity contribution is 0.673. The molecule has 2 aromatic carbocycles. The number of hydrogen-bond donors (Lipinski definition) is 1. The molecule has 0 aliphatic carbocycles. The Balaban J connectivity index is 2.05. The average molecular weight is 285 g/mol. The van der Waals surface area contributed by atoms with Gasteiger partial charge in [0.1, 0.15) is 0 Å². The third kappa shape index (κ3) is 4.39. The second-order valence-corrected chi connectivity index (χ2v) is 6.33. The van der Waals surface area contributed by atoms with Crippen molar-refractivity contribution < 1.29 is 0 Å². The summed E-state index contributed by atoms with van der Waals surface area (Å²) in [7, 11) is 0. The van der Waals surface area contributed by atoms with Crippen molar-refractivity contribution in [1.82, 2.24) is 5.32 Å². The monoisotopic (exact) mass is 285 g/mol. The Bertz CT molecular complexity index is 563. The maximum Gasteiger partial charge on any atom is 0.0208 e. The van der Waals surface area contributed by atoms with E-state index in [9.17, 15) is 0 Å². The Morgan fingerprint density at radius 3 is 2.50 bits per heavy atom. The van der Waals surface area contributed by atoms with Crippen molar-refractivity contribution in [3.8, 4) is 0 Å². The Hall–Kier alpha value is -1.25. The standard InChI is InChI=1S/C18H23NS/c1-4-10-19-13-16-8-9-18(12-15(16)3)20-17-7-5-6-14(2)11-17/h5-9,11-12,19H,4,10,13H2,1-3H3. The molecule has 0 saturated heterocycles. The van der Waals surface area contributed by atoms with Crippen LogP contribution in [-0.4, -0.2) is 6.54 Å². The molecule has 0 bridgehead atoms. The number of benzene rings is 2. The summed E-state index contributed by atoms with van der Waals surface area (Å²) in [6, 6.07) is 15.4. The first-order valence-electron chi connectivity index (χ1n) is 7.24. The van der Waals surface area contributed by atoms with Gasteiger partial charge in [0.05, 0.1) is 0 Å². The van der Waals surface area contributed by atoms with Crippen LogP contribution in [0.4, 0.5) is 0 Å². The van der Waals surface area contributed by atoms with Crippen molar-refractivity contribution in [2.45, 2.75) is 43.5 Å². The Morgan fingerprint density at radius 1 is 1.00 bits per heavy atom. The fraction of sp³-hybridized carbons (Fsp3) is 0.333. The summed E-state index contributed by atoms with van der Waals surface area (Å²) in [4.78, 5) is 2.62. The SMILES string of the molecule is CCCNCc1ccc(Sc2cccc(C)c2)cc1C. The van der Waals surface area contributed by atoms with Crippen LogP contribution in [0.1, 0.15) is 30.0 Å². The summed E-state index contributed by atoms with van der Waals surface area (Å²) < 4.78 is 0. The summed E-state index contributed by atoms with van der Waals surface area (Å²) in [5, 5.41) is 3.46. The molecule has 2 rings (SSSR count). The van der Waals surface area contributed by atoms with Crippen molar-refractivity contribution in [2.24, 2.45) is 0 Å². The number of hydrogen-bond acceptors (Lipinski definition) is 2. The molecule has 1 nitrogen and oxygen atoms in total. The predicted molar refractivity (Wildman–Crippen MR) is 88.5 cm³/mol. The molecule has 0 saturated carbocycles. The normalized spacial score (nSPS) is 10.8. The van der Waals surface area contributed by atoms with Gasteiger partial charge in [-0.25, -0.2) is 0 Å². The first-order valence-corrected chi connectivity index (χ1v) is 8.05. The predicted octanol–water partition coefficient (Wildman–Crippen LogP) is 4.95. The molecule has 0 radical (unpaired) electrons. The van der Waals surface area contributed by atoms with E-state index in [2.05, 4.69) is 68.6 Å². The van der Waals surface area contributed by atoms with E-state index in [1.165, 1.54) is 32.9 Å². The highest BCUT2D eigenvalue weighted by molar-refractivity contribution is 7.99. The molecule has 106 valence electrons. The molecule has 0 aliphatic rings. The molecule has 0 heterocycles. The van der Waals surface area contributed by atoms with E-state index in [1.807, 2.05) is 11.8 Å². The first-order chi connectivity index (χ1) is 9.69. The molecule has 20 heavy (non-hydrogen) atoms. The molecule has 0 unspecified atom stereocenters. The molecule has 0 spiro atoms. The second-order valence-electron chi connectivity index (χ2n) is 5.18. The third-order valence-electron chi connectivity index (χ3n) is 3.28. The molecule has 0 aromatic heterocycles. The third-order valence-corrected chi connectivity index (χ3v) is 4.26. The van der Waals surface area contributed by atoms with Crippen molar-refractivity contribution in [3.05, 3.63) is 59.2 Å². The van der Waals surface area contributed by atoms with Gasteiger partial charge >= 0.3 is 0 Å². The van der Waals surface area contributed by atoms with Gasteiger partial charge in [-0.2, -0.15) is 0 Å². The second kappa shape index (κ2) is 7.51. The van der Waals surface area contributed by atoms with Crippen LogP contribution in [0.3, 0.4) is 0 Å². The summed E-state index contributed by atoms with van der Waals surface area (Å²) in [5.41, 5.74) is 4.07. The van der Waals surface area contributed by atoms with Gasteiger partial charge in [-0.3, -0.25) is 0 Å². The van der Waals surface area contributed by atoms with E-state index in [4.69, 9.17) is 0 Å². The van der Waals surface area contributed by atoms with E-state index >= 15 is 0 Å². The summed E-state index contributed by atoms with van der Waals surface area (Å²) in [6.07, 6.45) is 1.18. The van der Waals surface area contributed by atoms with Crippen LogP contribution in [0.25, 0.3) is 0 Å². The number of nitrogens with one attached hydrogen (secondary N) is 1. The fourth-order valence-electron chi connectivity index (χ4n) is 2.14. The van der Waals surface area contributed by atoms with E-state index in [0.717, 1.165) is 13.1 Å². The lowest BCUT2D eigenvalue weighted by Crippen LogP contribution is -2.14. The molecule has 0 aliphatic heterocycles. The molecule has 0 fully saturated rings. The van der Waals surface area contributed by atoms with Crippen molar-refractivity contribution >= 4 is 11.8 Å². The van der Waals surface area contributed by atoms with E-state index in [0.29, 0.717) is 0 Å². The molecule has 2 heteroatoms. The van der Waals surface area contributed by atoms with Gasteiger partial charge in [-0.15, -0.1) is 0 Å². The highest BCUT2D eigenvalue weighted by Gasteiger charge is 2.02. The Labute approximate surface area is 126 Å². The minimum atomic E-state index is 0.967. The quantitative estimate of drug-likeness (QED) is 0.753. The maximum absolute atomic E-state index is 3.46. The van der Waals surface area contributed by atoms with Gasteiger partial charge in [0.15, 0.2) is 0 Å². The lowest BCUT2D eigenvalue weighted by atomic mass is 10.1. The van der Waals surface area contributed by atoms with Crippen LogP contribution in [0.5, 0.6) is 0 Å². The fourth-order valence-corrected chi connectivity index (χ4v) is 3.18. The Kier molecular flexibility index (Phi) is 5.69. The Morgan fingerprint density at radius 2 is 1.80 bits per heavy atom. The van der Waals surface area contributed by atoms with E-state index in [-0.39, 0.29) is 0 Å². The minimum Gasteiger partial charge on any atom is -0.313 e. The van der Waals surface area contributed by atoms with Gasteiger partial charge in [-0.1, -0.05) is 42.4 Å². The lowest BCUT2D eigenvalue weighted by Gasteiger charge is -2.09. The van der Waals surface area contributed by atoms with Crippen molar-refractivity contribution in [2.75, 3.05) is 6.54 Å². The summed E-state index contributed by atoms with van der Waals surface area (Å²) >= 11 is 1.83. The highest BCUT2D eigenvalue weighted by atomic mass is 32.2. The van der Waals surface area contributed by atoms with Crippen LogP contribution in [0.2, 0.25) is 0 Å². The molecule has 2 aromatic rings. The van der Waals surface area contributed by atoms with Crippen LogP contribution in [0, 0.1) is 13.8 Å². The smallest absolute Gasteiger partial charge is 0.0208 e. The van der Waals surface area contributed by atoms with E-state index in [1.54, 1.807) is 0 Å². The van der Waals surface area contributed by atoms with Gasteiger partial charge in [0.2, 0.25) is 0 Å². The van der Waals surface area contributed by atoms with Crippen LogP contribution in [-0.2, 0) is 6.54 Å². The van der Waals surface area contributed by atoms with Gasteiger partial charge in [-0.05, 0) is 62.2 Å². The molecule has 1 N–H and O–H groups in total. The summed E-state index contributed by atoms with van der Waals surface area (Å²) in [5.74, 6) is 0. The van der Waals surface area contributed by atoms with Crippen LogP contribution < -0.4 is 5.32 Å². The highest BCUT2D eigenvalue weighted by Crippen LogP contribution is 2.29. The van der Waals surface area contributed by atoms with Gasteiger partial charge < -0.3 is 5.32 Å². The van der Waals surface area contributed by atoms with Crippen LogP contribution >= 0.6 is 11.8 Å². The molecular formula is C18H23NS. The minimum absolute atomic E-state index is 0.967. The van der Waals surface area contributed by atoms with Crippen molar-refractivity contribution in [1.29, 1.82) is 0 Å². The maximum atomic E-state index is 3.46. The zero-order valence-electron chi connectivity index (χ0n) is 12.6. The van der Waals surface area contributed by atoms with Crippen molar-refractivity contribution in [3.63, 3.8) is 0 Å². The zero-order valence-corrected chi connectivity index (χ0v) is 13.4. The topological polar surface area (TPSA) is 12.0 Å². The zero-order chi connectivity index (χ0) is 14.4. The molecule has 0 atom stereocenters. The molecule has 0 amide bonds. The van der Waals surface area contributed by atoms with Gasteiger partial charge in [0, 0.05) is 16.3 Å². The molecular weight excluding hydrogens is 262 g/mol. The van der Waals surface area contributed by atoms with Gasteiger partial charge in [0.25, 0.3) is 0 Å². The average Bonchev–Trinajstić information content (AvgIpc) is 2.41. The number of rotatable bonds is 6. The number of aryl methyl sites for hydroxylation is 2. The van der Waals surface area contributed by atoms with Crippen LogP contribution in [0.15, 0.2) is 52.3 Å². The first kappa shape index (κ1) is 15.1. The van der Waals surface area contributed by atoms with E-state index < -0.39 is 0 Å². The largest absolute Gasteiger partial charge is 0.313 e. The summed E-state index contributed by atoms with van der Waals surface area (Å²) in [6.45, 7) is 8.58.